The maximum absolute atomic E-state index is 2.44. The smallest absolute Gasteiger partial charge is 0.00521 e. The molecule has 24 heavy (non-hydrogen) atoms. The number of hydrogen-bond donors (Lipinski definition) is 0. The fourth-order valence-electron chi connectivity index (χ4n) is 4.45. The van der Waals surface area contributed by atoms with Gasteiger partial charge >= 0.3 is 0 Å². The summed E-state index contributed by atoms with van der Waals surface area (Å²) in [6.45, 7) is 4.70. The van der Waals surface area contributed by atoms with Crippen LogP contribution in [0.2, 0.25) is 0 Å². The van der Waals surface area contributed by atoms with Crippen LogP contribution in [0.3, 0.4) is 0 Å². The molecule has 0 spiro atoms. The molecule has 0 aliphatic heterocycles. The van der Waals surface area contributed by atoms with Crippen molar-refractivity contribution in [1.82, 2.24) is 0 Å². The third kappa shape index (κ3) is 2.65. The number of fused-ring (bicyclic) bond motifs is 3. The molecule has 0 heteroatoms. The van der Waals surface area contributed by atoms with Gasteiger partial charge in [-0.3, -0.25) is 0 Å². The molecule has 2 aliphatic carbocycles. The molecule has 122 valence electrons. The van der Waals surface area contributed by atoms with Crippen LogP contribution in [0.5, 0.6) is 0 Å². The van der Waals surface area contributed by atoms with E-state index in [2.05, 4.69) is 74.5 Å². The fourth-order valence-corrected chi connectivity index (χ4v) is 4.45. The average molecular weight is 314 g/mol. The predicted molar refractivity (Wildman–Crippen MR) is 103 cm³/mol. The Hall–Kier alpha value is -2.08. The molecule has 0 amide bonds. The quantitative estimate of drug-likeness (QED) is 0.592. The average Bonchev–Trinajstić information content (AvgIpc) is 2.67. The van der Waals surface area contributed by atoms with E-state index in [1.807, 2.05) is 0 Å². The summed E-state index contributed by atoms with van der Waals surface area (Å²) in [5.41, 5.74) is 9.15. The number of rotatable bonds is 3. The van der Waals surface area contributed by atoms with Crippen molar-refractivity contribution < 1.29 is 0 Å². The van der Waals surface area contributed by atoms with Crippen molar-refractivity contribution in [3.63, 3.8) is 0 Å². The van der Waals surface area contributed by atoms with Crippen LogP contribution in [-0.2, 0) is 6.42 Å². The van der Waals surface area contributed by atoms with Crippen molar-refractivity contribution in [2.75, 3.05) is 0 Å². The van der Waals surface area contributed by atoms with Crippen LogP contribution < -0.4 is 0 Å². The Morgan fingerprint density at radius 2 is 1.67 bits per heavy atom. The van der Waals surface area contributed by atoms with E-state index in [0.717, 1.165) is 6.42 Å². The van der Waals surface area contributed by atoms with Crippen LogP contribution in [0.15, 0.2) is 71.8 Å². The molecule has 0 bridgehead atoms. The molecular weight excluding hydrogens is 288 g/mol. The van der Waals surface area contributed by atoms with Crippen molar-refractivity contribution in [2.24, 2.45) is 5.92 Å². The summed E-state index contributed by atoms with van der Waals surface area (Å²) in [4.78, 5) is 0. The molecule has 0 saturated heterocycles. The van der Waals surface area contributed by atoms with Gasteiger partial charge in [-0.25, -0.2) is 0 Å². The Bertz CT molecular complexity index is 806. The predicted octanol–water partition coefficient (Wildman–Crippen LogP) is 6.69. The molecule has 2 aliphatic rings. The van der Waals surface area contributed by atoms with Gasteiger partial charge in [-0.15, -0.1) is 0 Å². The van der Waals surface area contributed by atoms with Crippen LogP contribution >= 0.6 is 0 Å². The largest absolute Gasteiger partial charge is 0.0702 e. The van der Waals surface area contributed by atoms with Gasteiger partial charge in [-0.1, -0.05) is 85.7 Å². The zero-order valence-corrected chi connectivity index (χ0v) is 14.8. The highest BCUT2D eigenvalue weighted by atomic mass is 14.3. The Kier molecular flexibility index (Phi) is 4.14. The summed E-state index contributed by atoms with van der Waals surface area (Å²) in [5, 5.41) is 0. The normalized spacial score (nSPS) is 20.5. The summed E-state index contributed by atoms with van der Waals surface area (Å²) in [6, 6.07) is 18.0. The first-order valence-corrected chi connectivity index (χ1v) is 9.33. The van der Waals surface area contributed by atoms with Crippen molar-refractivity contribution >= 4 is 0 Å². The van der Waals surface area contributed by atoms with E-state index in [-0.39, 0.29) is 0 Å². The Morgan fingerprint density at radius 3 is 2.42 bits per heavy atom. The van der Waals surface area contributed by atoms with Crippen LogP contribution in [0.4, 0.5) is 0 Å². The molecule has 2 aromatic carbocycles. The number of allylic oxidation sites excluding steroid dienone is 4. The first-order valence-electron chi connectivity index (χ1n) is 9.33. The van der Waals surface area contributed by atoms with Crippen molar-refractivity contribution in [3.05, 3.63) is 83.0 Å². The SMILES string of the molecule is CCC1=CC=C(C(C)C2Cc3ccccc3-c3ccccc32)CC1. The lowest BCUT2D eigenvalue weighted by Crippen LogP contribution is -2.20. The second kappa shape index (κ2) is 6.43. The molecule has 0 N–H and O–H groups in total. The van der Waals surface area contributed by atoms with Crippen molar-refractivity contribution in [3.8, 4) is 11.1 Å². The molecule has 2 atom stereocenters. The summed E-state index contributed by atoms with van der Waals surface area (Å²) < 4.78 is 0. The Morgan fingerprint density at radius 1 is 0.917 bits per heavy atom. The van der Waals surface area contributed by atoms with E-state index in [1.165, 1.54) is 41.5 Å². The van der Waals surface area contributed by atoms with Gasteiger partial charge in [0.25, 0.3) is 0 Å². The lowest BCUT2D eigenvalue weighted by molar-refractivity contribution is 0.497. The number of benzene rings is 2. The van der Waals surface area contributed by atoms with Gasteiger partial charge in [0.15, 0.2) is 0 Å². The van der Waals surface area contributed by atoms with Gasteiger partial charge in [0.2, 0.25) is 0 Å². The topological polar surface area (TPSA) is 0 Å². The minimum absolute atomic E-state index is 0.596. The van der Waals surface area contributed by atoms with E-state index < -0.39 is 0 Å². The van der Waals surface area contributed by atoms with Gasteiger partial charge in [0, 0.05) is 0 Å². The van der Waals surface area contributed by atoms with E-state index in [0.29, 0.717) is 11.8 Å². The van der Waals surface area contributed by atoms with Gasteiger partial charge in [0.1, 0.15) is 0 Å². The molecule has 0 radical (unpaired) electrons. The van der Waals surface area contributed by atoms with Gasteiger partial charge in [-0.05, 0) is 59.8 Å². The first-order chi connectivity index (χ1) is 11.8. The highest BCUT2D eigenvalue weighted by Gasteiger charge is 2.30. The minimum atomic E-state index is 0.596. The molecule has 4 rings (SSSR count). The van der Waals surface area contributed by atoms with E-state index in [1.54, 1.807) is 11.1 Å². The molecule has 2 aromatic rings. The fraction of sp³-hybridized carbons (Fsp3) is 0.333. The van der Waals surface area contributed by atoms with E-state index in [4.69, 9.17) is 0 Å². The Balaban J connectivity index is 1.72. The molecule has 0 heterocycles. The second-order valence-corrected chi connectivity index (χ2v) is 7.26. The minimum Gasteiger partial charge on any atom is -0.0702 e. The second-order valence-electron chi connectivity index (χ2n) is 7.26. The highest BCUT2D eigenvalue weighted by Crippen LogP contribution is 2.45. The maximum Gasteiger partial charge on any atom is -0.00521 e. The summed E-state index contributed by atoms with van der Waals surface area (Å²) in [6.07, 6.45) is 9.63. The summed E-state index contributed by atoms with van der Waals surface area (Å²) in [5.74, 6) is 1.20. The van der Waals surface area contributed by atoms with Gasteiger partial charge in [0.05, 0.1) is 0 Å². The van der Waals surface area contributed by atoms with Crippen LogP contribution in [0, 0.1) is 5.92 Å². The zero-order chi connectivity index (χ0) is 16.5. The monoisotopic (exact) mass is 314 g/mol. The van der Waals surface area contributed by atoms with Gasteiger partial charge in [-0.2, -0.15) is 0 Å². The van der Waals surface area contributed by atoms with Crippen molar-refractivity contribution in [1.29, 1.82) is 0 Å². The first kappa shape index (κ1) is 15.4. The van der Waals surface area contributed by atoms with Gasteiger partial charge < -0.3 is 0 Å². The zero-order valence-electron chi connectivity index (χ0n) is 14.8. The van der Waals surface area contributed by atoms with Crippen LogP contribution in [0.1, 0.15) is 50.2 Å². The summed E-state index contributed by atoms with van der Waals surface area (Å²) in [7, 11) is 0. The highest BCUT2D eigenvalue weighted by molar-refractivity contribution is 5.74. The van der Waals surface area contributed by atoms with Crippen LogP contribution in [-0.4, -0.2) is 0 Å². The van der Waals surface area contributed by atoms with E-state index in [9.17, 15) is 0 Å². The third-order valence-corrected chi connectivity index (χ3v) is 6.02. The standard InChI is InChI=1S/C24H26/c1-3-18-12-14-19(15-13-18)17(2)24-16-20-8-4-5-9-21(20)22-10-6-7-11-23(22)24/h4-12,14,17,24H,3,13,15-16H2,1-2H3. The lowest BCUT2D eigenvalue weighted by Gasteiger charge is -2.34. The molecule has 0 saturated carbocycles. The molecule has 2 unspecified atom stereocenters. The number of hydrogen-bond acceptors (Lipinski definition) is 0. The molecule has 0 aromatic heterocycles. The van der Waals surface area contributed by atoms with Crippen LogP contribution in [0.25, 0.3) is 11.1 Å². The maximum atomic E-state index is 2.44. The van der Waals surface area contributed by atoms with E-state index >= 15 is 0 Å². The van der Waals surface area contributed by atoms with Crippen molar-refractivity contribution in [2.45, 2.75) is 45.4 Å². The Labute approximate surface area is 145 Å². The molecule has 0 fully saturated rings. The third-order valence-electron chi connectivity index (χ3n) is 6.02. The lowest BCUT2D eigenvalue weighted by atomic mass is 9.70. The molecular formula is C24H26. The summed E-state index contributed by atoms with van der Waals surface area (Å²) >= 11 is 0. The molecule has 0 nitrogen and oxygen atoms in total.